The van der Waals surface area contributed by atoms with Crippen LogP contribution in [0.2, 0.25) is 0 Å². The Labute approximate surface area is 176 Å². The third-order valence-corrected chi connectivity index (χ3v) is 6.31. The average molecular weight is 439 g/mol. The van der Waals surface area contributed by atoms with E-state index in [1.54, 1.807) is 18.2 Å². The van der Waals surface area contributed by atoms with E-state index in [-0.39, 0.29) is 10.6 Å². The van der Waals surface area contributed by atoms with Crippen molar-refractivity contribution in [3.05, 3.63) is 53.3 Å². The number of hydrogen-bond donors (Lipinski definition) is 1. The van der Waals surface area contributed by atoms with E-state index in [4.69, 9.17) is 13.7 Å². The van der Waals surface area contributed by atoms with E-state index in [0.29, 0.717) is 30.8 Å². The molecule has 6 nitrogen and oxygen atoms in total. The van der Waals surface area contributed by atoms with Gasteiger partial charge in [-0.3, -0.25) is 4.18 Å². The quantitative estimate of drug-likeness (QED) is 0.474. The third-order valence-electron chi connectivity index (χ3n) is 5.01. The summed E-state index contributed by atoms with van der Waals surface area (Å²) in [6, 6.07) is 9.37. The molecule has 0 unspecified atom stereocenters. The van der Waals surface area contributed by atoms with Crippen molar-refractivity contribution in [1.29, 1.82) is 0 Å². The van der Waals surface area contributed by atoms with Crippen LogP contribution in [-0.4, -0.2) is 38.9 Å². The van der Waals surface area contributed by atoms with Crippen LogP contribution in [0.3, 0.4) is 0 Å². The number of aliphatic hydroxyl groups excluding tert-OH is 1. The predicted octanol–water partition coefficient (Wildman–Crippen LogP) is 3.77. The topological polar surface area (TPSA) is 82.1 Å². The number of ether oxygens (including phenoxy) is 2. The fourth-order valence-corrected chi connectivity index (χ4v) is 4.11. The first-order chi connectivity index (χ1) is 14.3. The summed E-state index contributed by atoms with van der Waals surface area (Å²) in [5, 5.41) is 10.4. The molecule has 1 aliphatic rings. The van der Waals surface area contributed by atoms with Crippen LogP contribution in [-0.2, 0) is 20.7 Å². The van der Waals surface area contributed by atoms with E-state index in [0.717, 1.165) is 18.4 Å². The number of aliphatic hydroxyl groups is 1. The minimum atomic E-state index is -3.99. The molecule has 0 saturated carbocycles. The molecule has 164 valence electrons. The first-order valence-corrected chi connectivity index (χ1v) is 11.5. The predicted molar refractivity (Wildman–Crippen MR) is 110 cm³/mol. The van der Waals surface area contributed by atoms with Crippen molar-refractivity contribution >= 4 is 10.1 Å². The molecule has 8 heteroatoms. The first kappa shape index (κ1) is 22.5. The van der Waals surface area contributed by atoms with Crippen LogP contribution < -0.4 is 9.47 Å². The lowest BCUT2D eigenvalue weighted by Gasteiger charge is -2.30. The molecule has 0 aromatic heterocycles. The Bertz CT molecular complexity index is 958. The molecule has 2 atom stereocenters. The molecule has 0 amide bonds. The lowest BCUT2D eigenvalue weighted by molar-refractivity contribution is -0.00257. The number of fused-ring (bicyclic) bond motifs is 1. The largest absolute Gasteiger partial charge is 0.491 e. The van der Waals surface area contributed by atoms with Crippen LogP contribution in [0, 0.1) is 12.7 Å². The van der Waals surface area contributed by atoms with Crippen molar-refractivity contribution in [1.82, 2.24) is 0 Å². The molecule has 30 heavy (non-hydrogen) atoms. The highest BCUT2D eigenvalue weighted by Gasteiger charge is 2.30. The van der Waals surface area contributed by atoms with Crippen molar-refractivity contribution in [2.75, 3.05) is 13.2 Å². The van der Waals surface area contributed by atoms with E-state index >= 15 is 0 Å². The van der Waals surface area contributed by atoms with Gasteiger partial charge in [-0.15, -0.1) is 0 Å². The summed E-state index contributed by atoms with van der Waals surface area (Å²) < 4.78 is 55.4. The molecule has 0 saturated heterocycles. The molecular weight excluding hydrogens is 411 g/mol. The van der Waals surface area contributed by atoms with Gasteiger partial charge in [0.1, 0.15) is 18.0 Å². The normalized spacial score (nSPS) is 17.1. The second-order valence-electron chi connectivity index (χ2n) is 7.37. The van der Waals surface area contributed by atoms with E-state index in [9.17, 15) is 17.9 Å². The standard InChI is InChI=1S/C22H27FO6S/c1-3-4-13-27-21-12-11-19-17(22(21)23)9-10-20(29-19)18(24)14-28-30(25,26)16-7-5-15(2)6-8-16/h5-8,11-12,18,20,24H,3-4,9-10,13-14H2,1-2H3/t18-,20-/m0/s1. The van der Waals surface area contributed by atoms with Gasteiger partial charge in [0.2, 0.25) is 0 Å². The highest BCUT2D eigenvalue weighted by atomic mass is 32.2. The van der Waals surface area contributed by atoms with Crippen molar-refractivity contribution < 1.29 is 31.6 Å². The minimum Gasteiger partial charge on any atom is -0.491 e. The number of hydrogen-bond acceptors (Lipinski definition) is 6. The van der Waals surface area contributed by atoms with E-state index in [1.807, 2.05) is 13.8 Å². The number of aryl methyl sites for hydroxylation is 1. The Balaban J connectivity index is 1.61. The molecule has 0 bridgehead atoms. The van der Waals surface area contributed by atoms with E-state index in [2.05, 4.69) is 0 Å². The number of rotatable bonds is 9. The molecule has 2 aromatic rings. The van der Waals surface area contributed by atoms with Crippen molar-refractivity contribution in [2.45, 2.75) is 56.6 Å². The molecule has 0 fully saturated rings. The Kier molecular flexibility index (Phi) is 7.33. The van der Waals surface area contributed by atoms with Crippen molar-refractivity contribution in [2.24, 2.45) is 0 Å². The average Bonchev–Trinajstić information content (AvgIpc) is 2.74. The molecule has 1 aliphatic heterocycles. The highest BCUT2D eigenvalue weighted by Crippen LogP contribution is 2.35. The molecule has 0 spiro atoms. The second kappa shape index (κ2) is 9.76. The molecule has 0 aliphatic carbocycles. The van der Waals surface area contributed by atoms with Crippen molar-refractivity contribution in [3.63, 3.8) is 0 Å². The number of benzene rings is 2. The minimum absolute atomic E-state index is 0.0212. The Morgan fingerprint density at radius 3 is 2.67 bits per heavy atom. The molecule has 1 heterocycles. The van der Waals surface area contributed by atoms with Crippen LogP contribution in [0.1, 0.15) is 37.3 Å². The summed E-state index contributed by atoms with van der Waals surface area (Å²) in [4.78, 5) is 0.0212. The fraction of sp³-hybridized carbons (Fsp3) is 0.455. The third kappa shape index (κ3) is 5.30. The van der Waals surface area contributed by atoms with Crippen LogP contribution in [0.25, 0.3) is 0 Å². The molecule has 0 radical (unpaired) electrons. The Morgan fingerprint density at radius 1 is 1.23 bits per heavy atom. The lowest BCUT2D eigenvalue weighted by Crippen LogP contribution is -2.38. The van der Waals surface area contributed by atoms with Crippen LogP contribution >= 0.6 is 0 Å². The zero-order chi connectivity index (χ0) is 21.7. The molecule has 3 rings (SSSR count). The molecular formula is C22H27FO6S. The van der Waals surface area contributed by atoms with Gasteiger partial charge >= 0.3 is 0 Å². The van der Waals surface area contributed by atoms with Crippen LogP contribution in [0.15, 0.2) is 41.3 Å². The van der Waals surface area contributed by atoms with Gasteiger partial charge in [0.25, 0.3) is 10.1 Å². The van der Waals surface area contributed by atoms with E-state index < -0.39 is 34.8 Å². The first-order valence-electron chi connectivity index (χ1n) is 10.1. The number of halogens is 1. The maximum absolute atomic E-state index is 14.7. The Morgan fingerprint density at radius 2 is 1.97 bits per heavy atom. The maximum atomic E-state index is 14.7. The summed E-state index contributed by atoms with van der Waals surface area (Å²) >= 11 is 0. The van der Waals surface area contributed by atoms with E-state index in [1.165, 1.54) is 18.2 Å². The molecule has 2 aromatic carbocycles. The van der Waals surface area contributed by atoms with Gasteiger partial charge in [0, 0.05) is 5.56 Å². The second-order valence-corrected chi connectivity index (χ2v) is 8.99. The summed E-state index contributed by atoms with van der Waals surface area (Å²) in [5.41, 5.74) is 1.33. The van der Waals surface area contributed by atoms with Gasteiger partial charge in [-0.2, -0.15) is 8.42 Å². The Hall–Kier alpha value is -2.16. The SMILES string of the molecule is CCCCOc1ccc2c(c1F)CC[C@@H]([C@@H](O)COS(=O)(=O)c1ccc(C)cc1)O2. The lowest BCUT2D eigenvalue weighted by atomic mass is 9.98. The zero-order valence-electron chi connectivity index (χ0n) is 17.1. The summed E-state index contributed by atoms with van der Waals surface area (Å²) in [7, 11) is -3.99. The summed E-state index contributed by atoms with van der Waals surface area (Å²) in [5.74, 6) is 0.0686. The summed E-state index contributed by atoms with van der Waals surface area (Å²) in [6.45, 7) is 3.88. The maximum Gasteiger partial charge on any atom is 0.297 e. The van der Waals surface area contributed by atoms with Gasteiger partial charge < -0.3 is 14.6 Å². The smallest absolute Gasteiger partial charge is 0.297 e. The monoisotopic (exact) mass is 438 g/mol. The van der Waals surface area contributed by atoms with Gasteiger partial charge in [0.05, 0.1) is 18.1 Å². The zero-order valence-corrected chi connectivity index (χ0v) is 18.0. The fourth-order valence-electron chi connectivity index (χ4n) is 3.18. The number of unbranched alkanes of at least 4 members (excludes halogenated alkanes) is 1. The van der Waals surface area contributed by atoms with Gasteiger partial charge in [-0.25, -0.2) is 4.39 Å². The van der Waals surface area contributed by atoms with Gasteiger partial charge in [-0.05, 0) is 50.5 Å². The van der Waals surface area contributed by atoms with Crippen LogP contribution in [0.5, 0.6) is 11.5 Å². The molecule has 1 N–H and O–H groups in total. The highest BCUT2D eigenvalue weighted by molar-refractivity contribution is 7.86. The van der Waals surface area contributed by atoms with Crippen molar-refractivity contribution in [3.8, 4) is 11.5 Å². The summed E-state index contributed by atoms with van der Waals surface area (Å²) in [6.07, 6.45) is 0.596. The van der Waals surface area contributed by atoms with Gasteiger partial charge in [-0.1, -0.05) is 31.0 Å². The van der Waals surface area contributed by atoms with Gasteiger partial charge in [0.15, 0.2) is 11.6 Å². The van der Waals surface area contributed by atoms with Crippen LogP contribution in [0.4, 0.5) is 4.39 Å².